The maximum Gasteiger partial charge on any atom is 0.330 e. The second-order valence-corrected chi connectivity index (χ2v) is 12.0. The Balaban J connectivity index is 2.29. The van der Waals surface area contributed by atoms with Gasteiger partial charge in [0.15, 0.2) is 6.23 Å². The van der Waals surface area contributed by atoms with Crippen LogP contribution in [0.1, 0.15) is 25.1 Å². The molecule has 2 rings (SSSR count). The standard InChI is InChI=1S/C17H28N3O6P/c1-10(21)19(2)8-11-9-20(17(25)18-15(11)24)16-14(23)13(22)12(26-16)6-7-27(3,4)5/h9,12-14,16,22-23H,3,6-8H2,1-2,4-5H3,(H,18,24,25)/t12-,13-,14-,16?/m1/s1. The molecule has 27 heavy (non-hydrogen) atoms. The highest BCUT2D eigenvalue weighted by atomic mass is 31.2. The average molecular weight is 401 g/mol. The van der Waals surface area contributed by atoms with Gasteiger partial charge in [-0.1, -0.05) is 0 Å². The molecule has 1 fully saturated rings. The van der Waals surface area contributed by atoms with Gasteiger partial charge >= 0.3 is 5.69 Å². The van der Waals surface area contributed by atoms with E-state index < -0.39 is 42.7 Å². The summed E-state index contributed by atoms with van der Waals surface area (Å²) in [7, 11) is 1.53. The van der Waals surface area contributed by atoms with Gasteiger partial charge in [-0.3, -0.25) is 19.1 Å². The van der Waals surface area contributed by atoms with Crippen LogP contribution in [0.15, 0.2) is 15.8 Å². The highest BCUT2D eigenvalue weighted by molar-refractivity contribution is 7.72. The number of ether oxygens (including phenoxy) is 1. The van der Waals surface area contributed by atoms with Crippen LogP contribution >= 0.6 is 6.89 Å². The zero-order valence-electron chi connectivity index (χ0n) is 16.1. The van der Waals surface area contributed by atoms with Crippen molar-refractivity contribution in [3.05, 3.63) is 32.6 Å². The van der Waals surface area contributed by atoms with Crippen molar-refractivity contribution in [2.45, 2.75) is 44.4 Å². The molecule has 1 aromatic heterocycles. The smallest absolute Gasteiger partial charge is 0.330 e. The van der Waals surface area contributed by atoms with E-state index in [1.165, 1.54) is 25.1 Å². The molecule has 9 nitrogen and oxygen atoms in total. The number of aliphatic hydroxyl groups excluding tert-OH is 2. The van der Waals surface area contributed by atoms with Gasteiger partial charge < -0.3 is 19.8 Å². The van der Waals surface area contributed by atoms with Crippen LogP contribution < -0.4 is 11.2 Å². The van der Waals surface area contributed by atoms with E-state index in [0.717, 1.165) is 10.7 Å². The third-order valence-electron chi connectivity index (χ3n) is 4.62. The Morgan fingerprint density at radius 1 is 1.37 bits per heavy atom. The van der Waals surface area contributed by atoms with Crippen molar-refractivity contribution >= 4 is 19.1 Å². The minimum absolute atomic E-state index is 0.0000817. The number of aliphatic hydroxyl groups is 2. The van der Waals surface area contributed by atoms with Crippen LogP contribution in [-0.4, -0.2) is 81.7 Å². The van der Waals surface area contributed by atoms with Crippen molar-refractivity contribution in [2.24, 2.45) is 0 Å². The molecular weight excluding hydrogens is 373 g/mol. The topological polar surface area (TPSA) is 125 Å². The molecule has 3 N–H and O–H groups in total. The highest BCUT2D eigenvalue weighted by Gasteiger charge is 2.44. The van der Waals surface area contributed by atoms with Crippen molar-refractivity contribution in [3.63, 3.8) is 0 Å². The number of hydrogen-bond acceptors (Lipinski definition) is 6. The number of nitrogens with zero attached hydrogens (tertiary/aromatic N) is 2. The number of H-pyrrole nitrogens is 1. The molecule has 0 radical (unpaired) electrons. The number of amides is 1. The summed E-state index contributed by atoms with van der Waals surface area (Å²) in [5.41, 5.74) is -1.19. The molecule has 2 heterocycles. The Bertz CT molecular complexity index is 857. The van der Waals surface area contributed by atoms with Gasteiger partial charge in [0.25, 0.3) is 5.56 Å². The van der Waals surface area contributed by atoms with Crippen LogP contribution in [0.2, 0.25) is 0 Å². The van der Waals surface area contributed by atoms with Gasteiger partial charge in [-0.25, -0.2) is 4.79 Å². The van der Waals surface area contributed by atoms with Crippen molar-refractivity contribution in [1.82, 2.24) is 14.5 Å². The van der Waals surface area contributed by atoms with E-state index in [-0.39, 0.29) is 18.0 Å². The van der Waals surface area contributed by atoms with Crippen LogP contribution in [-0.2, 0) is 16.1 Å². The average Bonchev–Trinajstić information content (AvgIpc) is 2.82. The van der Waals surface area contributed by atoms with Gasteiger partial charge in [-0.15, -0.1) is 13.2 Å². The fourth-order valence-electron chi connectivity index (χ4n) is 2.87. The number of carbonyl (C=O) groups excluding carboxylic acids is 1. The molecule has 1 amide bonds. The first-order valence-corrected chi connectivity index (χ1v) is 11.7. The minimum atomic E-state index is -1.33. The van der Waals surface area contributed by atoms with Gasteiger partial charge in [0, 0.05) is 20.2 Å². The molecule has 10 heteroatoms. The third kappa shape index (κ3) is 5.19. The van der Waals surface area contributed by atoms with E-state index in [4.69, 9.17) is 4.74 Å². The molecule has 1 aromatic rings. The molecule has 0 saturated carbocycles. The Hall–Kier alpha value is -1.67. The van der Waals surface area contributed by atoms with Gasteiger partial charge in [0.2, 0.25) is 5.91 Å². The lowest BCUT2D eigenvalue weighted by atomic mass is 10.1. The fraction of sp³-hybridized carbons (Fsp3) is 0.647. The van der Waals surface area contributed by atoms with E-state index in [2.05, 4.69) is 24.6 Å². The summed E-state index contributed by atoms with van der Waals surface area (Å²) in [6, 6.07) is 0. The Labute approximate surface area is 157 Å². The Morgan fingerprint density at radius 3 is 2.56 bits per heavy atom. The quantitative estimate of drug-likeness (QED) is 0.538. The Kier molecular flexibility index (Phi) is 6.52. The summed E-state index contributed by atoms with van der Waals surface area (Å²) >= 11 is 0. The van der Waals surface area contributed by atoms with Crippen LogP contribution in [0.3, 0.4) is 0 Å². The molecule has 1 aliphatic heterocycles. The second-order valence-electron chi connectivity index (χ2n) is 7.69. The molecule has 0 aliphatic carbocycles. The number of rotatable bonds is 6. The third-order valence-corrected chi connectivity index (χ3v) is 6.09. The first kappa shape index (κ1) is 21.6. The lowest BCUT2D eigenvalue weighted by Gasteiger charge is -2.20. The summed E-state index contributed by atoms with van der Waals surface area (Å²) in [5, 5.41) is 20.7. The normalized spacial score (nSPS) is 25.6. The van der Waals surface area contributed by atoms with E-state index >= 15 is 0 Å². The maximum atomic E-state index is 12.2. The summed E-state index contributed by atoms with van der Waals surface area (Å²) in [4.78, 5) is 39.1. The molecular formula is C17H28N3O6P. The zero-order valence-corrected chi connectivity index (χ0v) is 17.0. The molecule has 4 atom stereocenters. The monoisotopic (exact) mass is 401 g/mol. The highest BCUT2D eigenvalue weighted by Crippen LogP contribution is 2.39. The van der Waals surface area contributed by atoms with Gasteiger partial charge in [0.1, 0.15) is 12.2 Å². The van der Waals surface area contributed by atoms with Crippen molar-refractivity contribution in [3.8, 4) is 0 Å². The lowest BCUT2D eigenvalue weighted by molar-refractivity contribution is -0.128. The van der Waals surface area contributed by atoms with E-state index in [0.29, 0.717) is 6.42 Å². The van der Waals surface area contributed by atoms with Crippen LogP contribution in [0.4, 0.5) is 0 Å². The van der Waals surface area contributed by atoms with Crippen molar-refractivity contribution in [2.75, 3.05) is 26.5 Å². The Morgan fingerprint density at radius 2 is 2.00 bits per heavy atom. The maximum absolute atomic E-state index is 12.2. The van der Waals surface area contributed by atoms with Crippen LogP contribution in [0, 0.1) is 0 Å². The van der Waals surface area contributed by atoms with Crippen LogP contribution in [0.25, 0.3) is 0 Å². The summed E-state index contributed by atoms with van der Waals surface area (Å²) in [6.45, 7) is 4.16. The molecule has 0 spiro atoms. The van der Waals surface area contributed by atoms with E-state index in [9.17, 15) is 24.6 Å². The molecule has 1 saturated heterocycles. The predicted molar refractivity (Wildman–Crippen MR) is 105 cm³/mol. The first-order valence-electron chi connectivity index (χ1n) is 8.65. The molecule has 1 aliphatic rings. The zero-order chi connectivity index (χ0) is 20.5. The predicted octanol–water partition coefficient (Wildman–Crippen LogP) is -0.767. The minimum Gasteiger partial charge on any atom is -0.388 e. The largest absolute Gasteiger partial charge is 0.388 e. The van der Waals surface area contributed by atoms with Crippen molar-refractivity contribution in [1.29, 1.82) is 0 Å². The molecule has 152 valence electrons. The molecule has 0 aromatic carbocycles. The summed E-state index contributed by atoms with van der Waals surface area (Å²) in [6.07, 6.45) is 2.44. The van der Waals surface area contributed by atoms with E-state index in [1.54, 1.807) is 0 Å². The lowest BCUT2D eigenvalue weighted by Crippen LogP contribution is -2.39. The SMILES string of the molecule is C=P(C)(C)CC[C@H]1OC(n2cc(CN(C)C(C)=O)c(=O)[nH]c2=O)[C@H](O)[C@@H]1O. The summed E-state index contributed by atoms with van der Waals surface area (Å²) in [5.74, 6) is -0.237. The summed E-state index contributed by atoms with van der Waals surface area (Å²) < 4.78 is 6.80. The number of aromatic amines is 1. The second kappa shape index (κ2) is 8.14. The first-order chi connectivity index (χ1) is 12.4. The van der Waals surface area contributed by atoms with Gasteiger partial charge in [-0.2, -0.15) is 0 Å². The van der Waals surface area contributed by atoms with Crippen LogP contribution in [0.5, 0.6) is 0 Å². The van der Waals surface area contributed by atoms with Gasteiger partial charge in [-0.05, 0) is 25.9 Å². The van der Waals surface area contributed by atoms with Crippen molar-refractivity contribution < 1.29 is 19.7 Å². The number of aromatic nitrogens is 2. The van der Waals surface area contributed by atoms with E-state index in [1.807, 2.05) is 0 Å². The number of carbonyl (C=O) groups is 1. The number of nitrogens with one attached hydrogen (secondary N) is 1. The fourth-order valence-corrected chi connectivity index (χ4v) is 3.82. The molecule has 0 bridgehead atoms. The number of hydrogen-bond donors (Lipinski definition) is 3. The van der Waals surface area contributed by atoms with Gasteiger partial charge in [0.05, 0.1) is 18.2 Å². The molecule has 1 unspecified atom stereocenters.